The van der Waals surface area contributed by atoms with E-state index in [4.69, 9.17) is 9.47 Å². The third kappa shape index (κ3) is 5.31. The van der Waals surface area contributed by atoms with Crippen molar-refractivity contribution in [2.24, 2.45) is 0 Å². The lowest BCUT2D eigenvalue weighted by Crippen LogP contribution is -2.50. The molecule has 11 nitrogen and oxygen atoms in total. The number of nitrogens with zero attached hydrogens (tertiary/aromatic N) is 7. The van der Waals surface area contributed by atoms with Crippen LogP contribution >= 0.6 is 0 Å². The van der Waals surface area contributed by atoms with Crippen LogP contribution < -0.4 is 4.90 Å². The van der Waals surface area contributed by atoms with Gasteiger partial charge in [0.15, 0.2) is 6.23 Å². The van der Waals surface area contributed by atoms with Crippen LogP contribution in [0.5, 0.6) is 0 Å². The van der Waals surface area contributed by atoms with E-state index in [2.05, 4.69) is 25.0 Å². The van der Waals surface area contributed by atoms with Gasteiger partial charge in [-0.1, -0.05) is 6.07 Å². The summed E-state index contributed by atoms with van der Waals surface area (Å²) in [6.45, 7) is 10.6. The van der Waals surface area contributed by atoms with Crippen molar-refractivity contribution < 1.29 is 19.4 Å². The zero-order valence-electron chi connectivity index (χ0n) is 24.1. The molecule has 4 aromatic rings. The van der Waals surface area contributed by atoms with Crippen LogP contribution in [0, 0.1) is 6.92 Å². The van der Waals surface area contributed by atoms with Crippen LogP contribution in [0.2, 0.25) is 0 Å². The van der Waals surface area contributed by atoms with Crippen molar-refractivity contribution in [3.63, 3.8) is 0 Å². The first-order valence-electron chi connectivity index (χ1n) is 14.3. The largest absolute Gasteiger partial charge is 0.444 e. The van der Waals surface area contributed by atoms with Gasteiger partial charge >= 0.3 is 6.09 Å². The molecule has 41 heavy (non-hydrogen) atoms. The molecule has 1 amide bonds. The number of hydrogen-bond acceptors (Lipinski definition) is 9. The average molecular weight is 560 g/mol. The molecule has 216 valence electrons. The van der Waals surface area contributed by atoms with E-state index in [0.29, 0.717) is 37.4 Å². The van der Waals surface area contributed by atoms with Crippen LogP contribution in [-0.4, -0.2) is 79.2 Å². The van der Waals surface area contributed by atoms with Crippen LogP contribution in [0.1, 0.15) is 69.2 Å². The highest BCUT2D eigenvalue weighted by Gasteiger charge is 2.29. The fraction of sp³-hybridized carbons (Fsp3) is 0.500. The summed E-state index contributed by atoms with van der Waals surface area (Å²) in [5, 5.41) is 18.2. The van der Waals surface area contributed by atoms with Gasteiger partial charge in [-0.05, 0) is 64.7 Å². The van der Waals surface area contributed by atoms with Gasteiger partial charge in [-0.2, -0.15) is 5.10 Å². The molecule has 0 spiro atoms. The number of pyridine rings is 1. The fourth-order valence-corrected chi connectivity index (χ4v) is 5.77. The van der Waals surface area contributed by atoms with Gasteiger partial charge in [0.1, 0.15) is 29.4 Å². The minimum absolute atomic E-state index is 0.101. The number of benzene rings is 1. The van der Waals surface area contributed by atoms with E-state index < -0.39 is 11.7 Å². The number of hydrogen-bond donors (Lipinski definition) is 1. The zero-order chi connectivity index (χ0) is 28.7. The summed E-state index contributed by atoms with van der Waals surface area (Å²) in [4.78, 5) is 30.2. The van der Waals surface area contributed by atoms with Crippen LogP contribution in [0.3, 0.4) is 0 Å². The standard InChI is InChI=1S/C30H37N7O4/c1-19-8-9-22-21(17-34-37(22)23-7-5-6-16-40-23)24(19)27(38)26-25-20(10-11-31-26)28(33-18-32-25)35-12-14-36(15-13-35)29(39)41-30(2,3)4/h8-11,17-18,23,27,38H,5-7,12-16H2,1-4H3. The molecule has 2 atom stereocenters. The first kappa shape index (κ1) is 27.3. The third-order valence-electron chi connectivity index (χ3n) is 7.79. The van der Waals surface area contributed by atoms with Gasteiger partial charge in [-0.15, -0.1) is 0 Å². The highest BCUT2D eigenvalue weighted by molar-refractivity contribution is 5.92. The SMILES string of the molecule is Cc1ccc2c(cnn2C2CCCCO2)c1C(O)c1nccc2c(N3CCN(C(=O)OC(C)(C)C)CC3)ncnc12. The molecule has 0 radical (unpaired) electrons. The summed E-state index contributed by atoms with van der Waals surface area (Å²) >= 11 is 0. The predicted octanol–water partition coefficient (Wildman–Crippen LogP) is 4.52. The van der Waals surface area contributed by atoms with Gasteiger partial charge in [0.25, 0.3) is 0 Å². The molecule has 0 saturated carbocycles. The van der Waals surface area contributed by atoms with Gasteiger partial charge in [0, 0.05) is 55.3 Å². The molecule has 2 unspecified atom stereocenters. The molecule has 11 heteroatoms. The molecule has 2 fully saturated rings. The number of ether oxygens (including phenoxy) is 2. The van der Waals surface area contributed by atoms with E-state index in [9.17, 15) is 9.90 Å². The van der Waals surface area contributed by atoms with Crippen LogP contribution in [0.4, 0.5) is 10.6 Å². The van der Waals surface area contributed by atoms with Crippen molar-refractivity contribution in [2.45, 2.75) is 64.9 Å². The fourth-order valence-electron chi connectivity index (χ4n) is 5.77. The lowest BCUT2D eigenvalue weighted by molar-refractivity contribution is -0.0366. The second-order valence-electron chi connectivity index (χ2n) is 11.8. The molecule has 0 bridgehead atoms. The van der Waals surface area contributed by atoms with Crippen molar-refractivity contribution in [3.8, 4) is 0 Å². The first-order valence-corrected chi connectivity index (χ1v) is 14.3. The van der Waals surface area contributed by atoms with Crippen LogP contribution in [0.15, 0.2) is 36.9 Å². The highest BCUT2D eigenvalue weighted by Crippen LogP contribution is 2.36. The van der Waals surface area contributed by atoms with E-state index in [1.807, 2.05) is 56.8 Å². The van der Waals surface area contributed by atoms with Gasteiger partial charge in [-0.3, -0.25) is 4.98 Å². The Hall–Kier alpha value is -3.83. The second-order valence-corrected chi connectivity index (χ2v) is 11.8. The number of carbonyl (C=O) groups excluding carboxylic acids is 1. The van der Waals surface area contributed by atoms with Gasteiger partial charge in [0.05, 0.1) is 17.4 Å². The van der Waals surface area contributed by atoms with Gasteiger partial charge in [-0.25, -0.2) is 19.4 Å². The number of carbonyl (C=O) groups is 1. The number of aliphatic hydroxyl groups is 1. The smallest absolute Gasteiger partial charge is 0.410 e. The van der Waals surface area contributed by atoms with E-state index in [-0.39, 0.29) is 12.3 Å². The highest BCUT2D eigenvalue weighted by atomic mass is 16.6. The number of rotatable bonds is 4. The number of fused-ring (bicyclic) bond motifs is 2. The molecule has 2 aliphatic rings. The molecule has 0 aliphatic carbocycles. The number of piperazine rings is 1. The van der Waals surface area contributed by atoms with Gasteiger partial charge < -0.3 is 24.4 Å². The minimum atomic E-state index is -1.01. The summed E-state index contributed by atoms with van der Waals surface area (Å²) in [5.41, 5.74) is 3.16. The lowest BCUT2D eigenvalue weighted by atomic mass is 9.96. The Labute approximate surface area is 239 Å². The molecular formula is C30H37N7O4. The molecule has 2 aliphatic heterocycles. The van der Waals surface area contributed by atoms with Crippen LogP contribution in [-0.2, 0) is 9.47 Å². The molecule has 5 heterocycles. The Morgan fingerprint density at radius 3 is 2.61 bits per heavy atom. The quantitative estimate of drug-likeness (QED) is 0.385. The molecule has 6 rings (SSSR count). The Balaban J connectivity index is 1.30. The molecule has 1 N–H and O–H groups in total. The Kier molecular flexibility index (Phi) is 7.25. The average Bonchev–Trinajstić information content (AvgIpc) is 3.40. The Bertz CT molecular complexity index is 1570. The number of aryl methyl sites for hydroxylation is 1. The lowest BCUT2D eigenvalue weighted by Gasteiger charge is -2.36. The van der Waals surface area contributed by atoms with E-state index >= 15 is 0 Å². The topological polar surface area (TPSA) is 119 Å². The minimum Gasteiger partial charge on any atom is -0.444 e. The van der Waals surface area contributed by atoms with Crippen molar-refractivity contribution in [1.29, 1.82) is 0 Å². The summed E-state index contributed by atoms with van der Waals surface area (Å²) in [5.74, 6) is 0.756. The maximum absolute atomic E-state index is 12.5. The number of anilines is 1. The van der Waals surface area contributed by atoms with Gasteiger partial charge in [0.2, 0.25) is 0 Å². The van der Waals surface area contributed by atoms with Crippen molar-refractivity contribution >= 4 is 33.7 Å². The Morgan fingerprint density at radius 2 is 1.88 bits per heavy atom. The number of aliphatic hydroxyl groups excluding tert-OH is 1. The monoisotopic (exact) mass is 559 g/mol. The van der Waals surface area contributed by atoms with Crippen molar-refractivity contribution in [1.82, 2.24) is 29.6 Å². The summed E-state index contributed by atoms with van der Waals surface area (Å²) in [6, 6.07) is 5.93. The van der Waals surface area contributed by atoms with E-state index in [0.717, 1.165) is 59.1 Å². The zero-order valence-corrected chi connectivity index (χ0v) is 24.1. The summed E-state index contributed by atoms with van der Waals surface area (Å²) < 4.78 is 13.5. The molecule has 3 aromatic heterocycles. The van der Waals surface area contributed by atoms with E-state index in [1.54, 1.807) is 11.1 Å². The molecule has 1 aromatic carbocycles. The Morgan fingerprint density at radius 1 is 1.07 bits per heavy atom. The predicted molar refractivity (Wildman–Crippen MR) is 155 cm³/mol. The number of aromatic nitrogens is 5. The van der Waals surface area contributed by atoms with Crippen molar-refractivity contribution in [3.05, 3.63) is 53.7 Å². The normalized spacial score (nSPS) is 19.1. The molecular weight excluding hydrogens is 522 g/mol. The summed E-state index contributed by atoms with van der Waals surface area (Å²) in [6.07, 6.45) is 6.69. The second kappa shape index (κ2) is 10.9. The summed E-state index contributed by atoms with van der Waals surface area (Å²) in [7, 11) is 0. The van der Waals surface area contributed by atoms with Crippen molar-refractivity contribution in [2.75, 3.05) is 37.7 Å². The molecule has 2 saturated heterocycles. The first-order chi connectivity index (χ1) is 19.7. The van der Waals surface area contributed by atoms with E-state index in [1.165, 1.54) is 6.33 Å². The third-order valence-corrected chi connectivity index (χ3v) is 7.79. The number of amides is 1. The van der Waals surface area contributed by atoms with Crippen LogP contribution in [0.25, 0.3) is 21.8 Å². The maximum atomic E-state index is 12.5. The maximum Gasteiger partial charge on any atom is 0.410 e.